The van der Waals surface area contributed by atoms with Crippen LogP contribution in [0, 0.1) is 5.92 Å². The summed E-state index contributed by atoms with van der Waals surface area (Å²) in [5.74, 6) is -1.83. The van der Waals surface area contributed by atoms with E-state index in [0.29, 0.717) is 11.6 Å². The third-order valence-electron chi connectivity index (χ3n) is 3.59. The van der Waals surface area contributed by atoms with Gasteiger partial charge in [-0.1, -0.05) is 44.0 Å². The van der Waals surface area contributed by atoms with Crippen molar-refractivity contribution in [3.8, 4) is 0 Å². The first-order chi connectivity index (χ1) is 12.2. The molecule has 0 unspecified atom stereocenters. The Hall–Kier alpha value is -1.79. The van der Waals surface area contributed by atoms with Gasteiger partial charge in [0.05, 0.1) is 10.6 Å². The van der Waals surface area contributed by atoms with E-state index in [0.717, 1.165) is 6.42 Å². The van der Waals surface area contributed by atoms with Crippen LogP contribution < -0.4 is 10.6 Å². The smallest absolute Gasteiger partial charge is 0.329 e. The Morgan fingerprint density at radius 2 is 1.81 bits per heavy atom. The van der Waals surface area contributed by atoms with Gasteiger partial charge in [-0.25, -0.2) is 4.79 Å². The van der Waals surface area contributed by atoms with Crippen molar-refractivity contribution >= 4 is 41.0 Å². The number of rotatable bonds is 8. The Morgan fingerprint density at radius 1 is 1.15 bits per heavy atom. The van der Waals surface area contributed by atoms with Gasteiger partial charge in [-0.05, 0) is 37.5 Å². The van der Waals surface area contributed by atoms with Crippen LogP contribution in [0.15, 0.2) is 18.2 Å². The fraction of sp³-hybridized carbons (Fsp3) is 0.500. The molecule has 0 aliphatic rings. The topological polar surface area (TPSA) is 84.5 Å². The summed E-state index contributed by atoms with van der Waals surface area (Å²) in [5.41, 5.74) is 0.197. The van der Waals surface area contributed by atoms with Crippen molar-refractivity contribution in [2.75, 3.05) is 6.54 Å². The largest absolute Gasteiger partial charge is 0.451 e. The highest BCUT2D eigenvalue weighted by Crippen LogP contribution is 2.21. The van der Waals surface area contributed by atoms with Gasteiger partial charge in [-0.2, -0.15) is 0 Å². The Kier molecular flexibility index (Phi) is 8.88. The molecule has 144 valence electrons. The lowest BCUT2D eigenvalue weighted by atomic mass is 10.0. The highest BCUT2D eigenvalue weighted by Gasteiger charge is 2.29. The molecule has 0 saturated carbocycles. The van der Waals surface area contributed by atoms with Crippen molar-refractivity contribution < 1.29 is 19.1 Å². The normalized spacial score (nSPS) is 13.0. The summed E-state index contributed by atoms with van der Waals surface area (Å²) in [6, 6.07) is 3.53. The summed E-state index contributed by atoms with van der Waals surface area (Å²) in [6.07, 6.45) is -0.176. The lowest BCUT2D eigenvalue weighted by Gasteiger charge is -2.23. The SMILES string of the molecule is CCCNC(=O)[C@@H](C)OC(=O)[C@@H](NC(=O)c1ccc(Cl)cc1Cl)C(C)C. The van der Waals surface area contributed by atoms with E-state index in [1.165, 1.54) is 25.1 Å². The minimum Gasteiger partial charge on any atom is -0.451 e. The lowest BCUT2D eigenvalue weighted by Crippen LogP contribution is -2.47. The second-order valence-corrected chi connectivity index (χ2v) is 7.03. The molecule has 1 aromatic rings. The average molecular weight is 403 g/mol. The van der Waals surface area contributed by atoms with Gasteiger partial charge in [0, 0.05) is 11.6 Å². The van der Waals surface area contributed by atoms with Crippen LogP contribution in [0.1, 0.15) is 44.5 Å². The first kappa shape index (κ1) is 22.3. The number of hydrogen-bond donors (Lipinski definition) is 2. The summed E-state index contributed by atoms with van der Waals surface area (Å²) < 4.78 is 5.20. The maximum atomic E-state index is 12.4. The molecule has 8 heteroatoms. The third kappa shape index (κ3) is 6.50. The molecule has 0 saturated heterocycles. The average Bonchev–Trinajstić information content (AvgIpc) is 2.56. The number of esters is 1. The van der Waals surface area contributed by atoms with Gasteiger partial charge >= 0.3 is 5.97 Å². The van der Waals surface area contributed by atoms with Gasteiger partial charge < -0.3 is 15.4 Å². The summed E-state index contributed by atoms with van der Waals surface area (Å²) in [7, 11) is 0. The van der Waals surface area contributed by atoms with E-state index in [2.05, 4.69) is 10.6 Å². The summed E-state index contributed by atoms with van der Waals surface area (Å²) >= 11 is 11.9. The van der Waals surface area contributed by atoms with E-state index in [-0.39, 0.29) is 22.4 Å². The van der Waals surface area contributed by atoms with E-state index < -0.39 is 24.0 Å². The second-order valence-electron chi connectivity index (χ2n) is 6.19. The quantitative estimate of drug-likeness (QED) is 0.653. The van der Waals surface area contributed by atoms with Crippen LogP contribution in [0.5, 0.6) is 0 Å². The molecule has 0 bridgehead atoms. The maximum absolute atomic E-state index is 12.4. The molecular weight excluding hydrogens is 379 g/mol. The molecule has 0 aliphatic carbocycles. The van der Waals surface area contributed by atoms with E-state index >= 15 is 0 Å². The Morgan fingerprint density at radius 3 is 2.35 bits per heavy atom. The van der Waals surface area contributed by atoms with Crippen LogP contribution in [0.4, 0.5) is 0 Å². The number of benzene rings is 1. The Bertz CT molecular complexity index is 665. The fourth-order valence-corrected chi connectivity index (χ4v) is 2.58. The van der Waals surface area contributed by atoms with Crippen molar-refractivity contribution in [1.82, 2.24) is 10.6 Å². The zero-order valence-electron chi connectivity index (χ0n) is 15.3. The van der Waals surface area contributed by atoms with Gasteiger partial charge in [-0.3, -0.25) is 9.59 Å². The van der Waals surface area contributed by atoms with Gasteiger partial charge in [0.15, 0.2) is 6.10 Å². The van der Waals surface area contributed by atoms with E-state index in [1.807, 2.05) is 6.92 Å². The predicted molar refractivity (Wildman–Crippen MR) is 101 cm³/mol. The monoisotopic (exact) mass is 402 g/mol. The Balaban J connectivity index is 2.80. The van der Waals surface area contributed by atoms with Gasteiger partial charge in [-0.15, -0.1) is 0 Å². The number of nitrogens with one attached hydrogen (secondary N) is 2. The molecule has 1 aromatic carbocycles. The molecule has 26 heavy (non-hydrogen) atoms. The number of halogens is 2. The van der Waals surface area contributed by atoms with Gasteiger partial charge in [0.25, 0.3) is 11.8 Å². The van der Waals surface area contributed by atoms with Crippen molar-refractivity contribution in [2.45, 2.75) is 46.3 Å². The summed E-state index contributed by atoms with van der Waals surface area (Å²) in [6.45, 7) is 7.43. The number of hydrogen-bond acceptors (Lipinski definition) is 4. The van der Waals surface area contributed by atoms with Gasteiger partial charge in [0.2, 0.25) is 0 Å². The molecule has 0 heterocycles. The number of ether oxygens (including phenoxy) is 1. The first-order valence-electron chi connectivity index (χ1n) is 8.41. The van der Waals surface area contributed by atoms with Crippen molar-refractivity contribution in [3.05, 3.63) is 33.8 Å². The molecule has 0 aliphatic heterocycles. The van der Waals surface area contributed by atoms with Crippen molar-refractivity contribution in [2.24, 2.45) is 5.92 Å². The number of amides is 2. The van der Waals surface area contributed by atoms with Crippen LogP contribution in [0.25, 0.3) is 0 Å². The second kappa shape index (κ2) is 10.4. The number of carbonyl (C=O) groups excluding carboxylic acids is 3. The summed E-state index contributed by atoms with van der Waals surface area (Å²) in [5, 5.41) is 5.84. The zero-order chi connectivity index (χ0) is 19.9. The fourth-order valence-electron chi connectivity index (χ4n) is 2.08. The molecule has 6 nitrogen and oxygen atoms in total. The maximum Gasteiger partial charge on any atom is 0.329 e. The minimum absolute atomic E-state index is 0.179. The summed E-state index contributed by atoms with van der Waals surface area (Å²) in [4.78, 5) is 36.7. The van der Waals surface area contributed by atoms with Crippen LogP contribution in [0.2, 0.25) is 10.0 Å². The molecule has 2 atom stereocenters. The van der Waals surface area contributed by atoms with Crippen molar-refractivity contribution in [3.63, 3.8) is 0 Å². The molecule has 0 fully saturated rings. The van der Waals surface area contributed by atoms with Crippen LogP contribution in [-0.4, -0.2) is 36.5 Å². The predicted octanol–water partition coefficient (Wildman–Crippen LogP) is 3.21. The standard InChI is InChI=1S/C18H24Cl2N2O4/c1-5-8-21-16(23)11(4)26-18(25)15(10(2)3)22-17(24)13-7-6-12(19)9-14(13)20/h6-7,9-11,15H,5,8H2,1-4H3,(H,21,23)(H,22,24)/t11-,15+/m1/s1. The van der Waals surface area contributed by atoms with Crippen LogP contribution in [-0.2, 0) is 14.3 Å². The van der Waals surface area contributed by atoms with Crippen LogP contribution >= 0.6 is 23.2 Å². The highest BCUT2D eigenvalue weighted by atomic mass is 35.5. The van der Waals surface area contributed by atoms with Gasteiger partial charge in [0.1, 0.15) is 6.04 Å². The minimum atomic E-state index is -0.952. The Labute approximate surface area is 163 Å². The third-order valence-corrected chi connectivity index (χ3v) is 4.14. The lowest BCUT2D eigenvalue weighted by molar-refractivity contribution is -0.157. The molecular formula is C18H24Cl2N2O4. The zero-order valence-corrected chi connectivity index (χ0v) is 16.8. The van der Waals surface area contributed by atoms with Crippen LogP contribution in [0.3, 0.4) is 0 Å². The van der Waals surface area contributed by atoms with Crippen molar-refractivity contribution in [1.29, 1.82) is 0 Å². The van der Waals surface area contributed by atoms with E-state index in [9.17, 15) is 14.4 Å². The highest BCUT2D eigenvalue weighted by molar-refractivity contribution is 6.36. The van der Waals surface area contributed by atoms with E-state index in [1.54, 1.807) is 13.8 Å². The molecule has 2 N–H and O–H groups in total. The van der Waals surface area contributed by atoms with E-state index in [4.69, 9.17) is 27.9 Å². The molecule has 0 spiro atoms. The first-order valence-corrected chi connectivity index (χ1v) is 9.17. The molecule has 0 radical (unpaired) electrons. The molecule has 1 rings (SSSR count). The molecule has 2 amide bonds. The number of carbonyl (C=O) groups is 3. The molecule has 0 aromatic heterocycles.